The number of rotatable bonds is 2. The van der Waals surface area contributed by atoms with Gasteiger partial charge < -0.3 is 5.32 Å². The molecule has 2 aromatic rings. The topological polar surface area (TPSA) is 24.9 Å². The number of nitrogens with one attached hydrogen (secondary N) is 1. The van der Waals surface area contributed by atoms with Crippen LogP contribution in [0.2, 0.25) is 0 Å². The lowest BCUT2D eigenvalue weighted by Gasteiger charge is -2.08. The standard InChI is InChI=1S/C13H16N2S/c1-8-5-9(2)12(10(3)6-8)11-7-16-13(14-4)15-11/h5-7H,1-4H3,(H,14,15). The summed E-state index contributed by atoms with van der Waals surface area (Å²) in [6.07, 6.45) is 0. The summed E-state index contributed by atoms with van der Waals surface area (Å²) in [7, 11) is 1.90. The number of thiazole rings is 1. The maximum Gasteiger partial charge on any atom is 0.182 e. The number of hydrogen-bond donors (Lipinski definition) is 1. The van der Waals surface area contributed by atoms with Crippen LogP contribution in [0.1, 0.15) is 16.7 Å². The van der Waals surface area contributed by atoms with Gasteiger partial charge in [0.05, 0.1) is 5.69 Å². The molecule has 1 N–H and O–H groups in total. The van der Waals surface area contributed by atoms with E-state index in [2.05, 4.69) is 48.6 Å². The number of nitrogens with zero attached hydrogens (tertiary/aromatic N) is 1. The van der Waals surface area contributed by atoms with Gasteiger partial charge in [-0.15, -0.1) is 11.3 Å². The molecule has 0 radical (unpaired) electrons. The van der Waals surface area contributed by atoms with Crippen molar-refractivity contribution in [2.75, 3.05) is 12.4 Å². The van der Waals surface area contributed by atoms with E-state index in [1.807, 2.05) is 7.05 Å². The summed E-state index contributed by atoms with van der Waals surface area (Å²) in [5.74, 6) is 0. The molecule has 1 heterocycles. The minimum absolute atomic E-state index is 0.967. The second kappa shape index (κ2) is 4.26. The molecule has 0 spiro atoms. The first kappa shape index (κ1) is 11.1. The van der Waals surface area contributed by atoms with Gasteiger partial charge in [-0.3, -0.25) is 0 Å². The zero-order chi connectivity index (χ0) is 11.7. The Hall–Kier alpha value is -1.35. The highest BCUT2D eigenvalue weighted by atomic mass is 32.1. The van der Waals surface area contributed by atoms with Crippen molar-refractivity contribution in [2.24, 2.45) is 0 Å². The van der Waals surface area contributed by atoms with Gasteiger partial charge >= 0.3 is 0 Å². The van der Waals surface area contributed by atoms with Crippen LogP contribution in [0.4, 0.5) is 5.13 Å². The molecule has 0 saturated carbocycles. The van der Waals surface area contributed by atoms with Crippen LogP contribution >= 0.6 is 11.3 Å². The van der Waals surface area contributed by atoms with Crippen LogP contribution in [0.15, 0.2) is 17.5 Å². The van der Waals surface area contributed by atoms with Crippen LogP contribution < -0.4 is 5.32 Å². The fourth-order valence-electron chi connectivity index (χ4n) is 2.09. The van der Waals surface area contributed by atoms with Gasteiger partial charge in [-0.05, 0) is 31.9 Å². The Morgan fingerprint density at radius 2 is 1.75 bits per heavy atom. The van der Waals surface area contributed by atoms with Gasteiger partial charge in [0.15, 0.2) is 5.13 Å². The molecule has 1 aromatic heterocycles. The molecule has 0 aliphatic heterocycles. The van der Waals surface area contributed by atoms with Crippen molar-refractivity contribution in [3.05, 3.63) is 34.2 Å². The van der Waals surface area contributed by atoms with E-state index in [4.69, 9.17) is 0 Å². The molecule has 0 saturated heterocycles. The van der Waals surface area contributed by atoms with E-state index in [0.29, 0.717) is 0 Å². The summed E-state index contributed by atoms with van der Waals surface area (Å²) in [6.45, 7) is 6.42. The smallest absolute Gasteiger partial charge is 0.182 e. The summed E-state index contributed by atoms with van der Waals surface area (Å²) in [6, 6.07) is 4.42. The van der Waals surface area contributed by atoms with Gasteiger partial charge in [-0.1, -0.05) is 17.7 Å². The maximum atomic E-state index is 4.56. The van der Waals surface area contributed by atoms with E-state index in [9.17, 15) is 0 Å². The maximum absolute atomic E-state index is 4.56. The van der Waals surface area contributed by atoms with Crippen LogP contribution in [0.5, 0.6) is 0 Å². The predicted octanol–water partition coefficient (Wildman–Crippen LogP) is 3.78. The third kappa shape index (κ3) is 1.95. The molecule has 2 nitrogen and oxygen atoms in total. The van der Waals surface area contributed by atoms with E-state index in [0.717, 1.165) is 10.8 Å². The van der Waals surface area contributed by atoms with E-state index >= 15 is 0 Å². The van der Waals surface area contributed by atoms with Gasteiger partial charge in [0.2, 0.25) is 0 Å². The molecule has 0 aliphatic carbocycles. The zero-order valence-electron chi connectivity index (χ0n) is 10.1. The molecule has 0 bridgehead atoms. The highest BCUT2D eigenvalue weighted by Gasteiger charge is 2.09. The molecule has 2 rings (SSSR count). The normalized spacial score (nSPS) is 10.5. The zero-order valence-corrected chi connectivity index (χ0v) is 10.9. The Balaban J connectivity index is 2.55. The molecule has 84 valence electrons. The third-order valence-electron chi connectivity index (χ3n) is 2.65. The summed E-state index contributed by atoms with van der Waals surface area (Å²) in [5.41, 5.74) is 6.24. The molecule has 0 unspecified atom stereocenters. The highest BCUT2D eigenvalue weighted by molar-refractivity contribution is 7.14. The predicted molar refractivity (Wildman–Crippen MR) is 71.3 cm³/mol. The van der Waals surface area contributed by atoms with Crippen molar-refractivity contribution in [2.45, 2.75) is 20.8 Å². The summed E-state index contributed by atoms with van der Waals surface area (Å²) in [5, 5.41) is 6.15. The molecule has 16 heavy (non-hydrogen) atoms. The van der Waals surface area contributed by atoms with Crippen molar-refractivity contribution in [3.8, 4) is 11.3 Å². The average Bonchev–Trinajstić information content (AvgIpc) is 2.64. The van der Waals surface area contributed by atoms with Crippen LogP contribution in [0, 0.1) is 20.8 Å². The van der Waals surface area contributed by atoms with Crippen molar-refractivity contribution < 1.29 is 0 Å². The molecule has 3 heteroatoms. The Kier molecular flexibility index (Phi) is 2.97. The van der Waals surface area contributed by atoms with E-state index in [1.165, 1.54) is 22.3 Å². The summed E-state index contributed by atoms with van der Waals surface area (Å²) < 4.78 is 0. The largest absolute Gasteiger partial charge is 0.365 e. The minimum Gasteiger partial charge on any atom is -0.365 e. The Morgan fingerprint density at radius 1 is 1.12 bits per heavy atom. The van der Waals surface area contributed by atoms with Gasteiger partial charge in [0.25, 0.3) is 0 Å². The van der Waals surface area contributed by atoms with Gasteiger partial charge in [0.1, 0.15) is 0 Å². The number of anilines is 1. The Morgan fingerprint density at radius 3 is 2.25 bits per heavy atom. The molecular weight excluding hydrogens is 216 g/mol. The van der Waals surface area contributed by atoms with Gasteiger partial charge in [0, 0.05) is 18.0 Å². The van der Waals surface area contributed by atoms with Crippen LogP contribution in [0.3, 0.4) is 0 Å². The second-order valence-electron chi connectivity index (χ2n) is 4.06. The lowest BCUT2D eigenvalue weighted by molar-refractivity contribution is 1.28. The van der Waals surface area contributed by atoms with Gasteiger partial charge in [-0.2, -0.15) is 0 Å². The fourth-order valence-corrected chi connectivity index (χ4v) is 2.75. The Bertz CT molecular complexity index is 491. The van der Waals surface area contributed by atoms with E-state index in [1.54, 1.807) is 11.3 Å². The molecular formula is C13H16N2S. The fraction of sp³-hybridized carbons (Fsp3) is 0.308. The first-order valence-corrected chi connectivity index (χ1v) is 6.21. The van der Waals surface area contributed by atoms with E-state index in [-0.39, 0.29) is 0 Å². The lowest BCUT2D eigenvalue weighted by Crippen LogP contribution is -1.91. The van der Waals surface area contributed by atoms with Crippen molar-refractivity contribution in [1.82, 2.24) is 4.98 Å². The second-order valence-corrected chi connectivity index (χ2v) is 4.92. The first-order chi connectivity index (χ1) is 7.61. The van der Waals surface area contributed by atoms with Crippen molar-refractivity contribution in [1.29, 1.82) is 0 Å². The van der Waals surface area contributed by atoms with Crippen molar-refractivity contribution >= 4 is 16.5 Å². The van der Waals surface area contributed by atoms with E-state index < -0.39 is 0 Å². The van der Waals surface area contributed by atoms with Gasteiger partial charge in [-0.25, -0.2) is 4.98 Å². The third-order valence-corrected chi connectivity index (χ3v) is 3.51. The first-order valence-electron chi connectivity index (χ1n) is 5.33. The minimum atomic E-state index is 0.967. The Labute approximate surface area is 100 Å². The number of hydrogen-bond acceptors (Lipinski definition) is 3. The summed E-state index contributed by atoms with van der Waals surface area (Å²) >= 11 is 1.64. The SMILES string of the molecule is CNc1nc(-c2c(C)cc(C)cc2C)cs1. The van der Waals surface area contributed by atoms with Crippen LogP contribution in [0.25, 0.3) is 11.3 Å². The molecule has 1 aromatic carbocycles. The molecule has 0 amide bonds. The lowest BCUT2D eigenvalue weighted by atomic mass is 9.98. The van der Waals surface area contributed by atoms with Crippen LogP contribution in [-0.4, -0.2) is 12.0 Å². The molecule has 0 fully saturated rings. The monoisotopic (exact) mass is 232 g/mol. The molecule has 0 atom stereocenters. The average molecular weight is 232 g/mol. The molecule has 0 aliphatic rings. The number of benzene rings is 1. The van der Waals surface area contributed by atoms with Crippen molar-refractivity contribution in [3.63, 3.8) is 0 Å². The highest BCUT2D eigenvalue weighted by Crippen LogP contribution is 2.30. The summed E-state index contributed by atoms with van der Waals surface area (Å²) in [4.78, 5) is 4.56. The number of aryl methyl sites for hydroxylation is 3. The van der Waals surface area contributed by atoms with Crippen LogP contribution in [-0.2, 0) is 0 Å². The quantitative estimate of drug-likeness (QED) is 0.852. The number of aromatic nitrogens is 1.